The molecule has 0 amide bonds. The SMILES string of the molecule is COc1cc(C(=O)O)cc(OC)c1OCCC(C)(C)OC. The lowest BCUT2D eigenvalue weighted by Crippen LogP contribution is -2.25. The van der Waals surface area contributed by atoms with E-state index in [4.69, 9.17) is 24.1 Å². The molecule has 0 heterocycles. The van der Waals surface area contributed by atoms with Gasteiger partial charge in [0.2, 0.25) is 5.75 Å². The maximum Gasteiger partial charge on any atom is 0.335 e. The van der Waals surface area contributed by atoms with Crippen LogP contribution in [0.15, 0.2) is 12.1 Å². The topological polar surface area (TPSA) is 74.2 Å². The van der Waals surface area contributed by atoms with Crippen LogP contribution >= 0.6 is 0 Å². The molecule has 1 N–H and O–H groups in total. The second kappa shape index (κ2) is 7.17. The summed E-state index contributed by atoms with van der Waals surface area (Å²) < 4.78 is 21.4. The van der Waals surface area contributed by atoms with Gasteiger partial charge in [-0.05, 0) is 26.0 Å². The minimum absolute atomic E-state index is 0.0771. The quantitative estimate of drug-likeness (QED) is 0.795. The number of carbonyl (C=O) groups is 1. The summed E-state index contributed by atoms with van der Waals surface area (Å²) in [6.45, 7) is 4.30. The van der Waals surface area contributed by atoms with E-state index >= 15 is 0 Å². The third-order valence-electron chi connectivity index (χ3n) is 3.21. The zero-order chi connectivity index (χ0) is 16.0. The molecule has 6 heteroatoms. The van der Waals surface area contributed by atoms with E-state index < -0.39 is 5.97 Å². The van der Waals surface area contributed by atoms with Crippen LogP contribution in [0.25, 0.3) is 0 Å². The van der Waals surface area contributed by atoms with Crippen molar-refractivity contribution in [3.63, 3.8) is 0 Å². The Morgan fingerprint density at radius 2 is 1.67 bits per heavy atom. The summed E-state index contributed by atoms with van der Waals surface area (Å²) in [7, 11) is 4.54. The molecular weight excluding hydrogens is 276 g/mol. The van der Waals surface area contributed by atoms with Crippen LogP contribution in [0.5, 0.6) is 17.2 Å². The highest BCUT2D eigenvalue weighted by Crippen LogP contribution is 2.38. The molecule has 6 nitrogen and oxygen atoms in total. The molecule has 1 rings (SSSR count). The number of aromatic carboxylic acids is 1. The van der Waals surface area contributed by atoms with Crippen LogP contribution in [0.1, 0.15) is 30.6 Å². The van der Waals surface area contributed by atoms with E-state index in [9.17, 15) is 4.79 Å². The van der Waals surface area contributed by atoms with Gasteiger partial charge in [-0.3, -0.25) is 0 Å². The lowest BCUT2D eigenvalue weighted by Gasteiger charge is -2.23. The molecule has 0 aromatic heterocycles. The first kappa shape index (κ1) is 17.1. The highest BCUT2D eigenvalue weighted by Gasteiger charge is 2.20. The first-order chi connectivity index (χ1) is 9.84. The summed E-state index contributed by atoms with van der Waals surface area (Å²) in [5.74, 6) is -0.0282. The molecular formula is C15H22O6. The van der Waals surface area contributed by atoms with Gasteiger partial charge in [0.25, 0.3) is 0 Å². The Bertz CT molecular complexity index is 470. The number of hydrogen-bond acceptors (Lipinski definition) is 5. The summed E-state index contributed by atoms with van der Waals surface area (Å²) in [6, 6.07) is 2.81. The molecule has 0 aliphatic carbocycles. The van der Waals surface area contributed by atoms with Gasteiger partial charge in [-0.25, -0.2) is 4.79 Å². The Hall–Kier alpha value is -1.95. The van der Waals surface area contributed by atoms with Crippen molar-refractivity contribution in [3.8, 4) is 17.2 Å². The van der Waals surface area contributed by atoms with Crippen LogP contribution in [-0.4, -0.2) is 44.6 Å². The average molecular weight is 298 g/mol. The van der Waals surface area contributed by atoms with Crippen molar-refractivity contribution in [2.24, 2.45) is 0 Å². The minimum Gasteiger partial charge on any atom is -0.493 e. The van der Waals surface area contributed by atoms with Crippen molar-refractivity contribution in [2.45, 2.75) is 25.9 Å². The predicted octanol–water partition coefficient (Wildman–Crippen LogP) is 2.60. The van der Waals surface area contributed by atoms with Crippen LogP contribution in [-0.2, 0) is 4.74 Å². The summed E-state index contributed by atoms with van der Waals surface area (Å²) >= 11 is 0. The fraction of sp³-hybridized carbons (Fsp3) is 0.533. The molecule has 0 bridgehead atoms. The van der Waals surface area contributed by atoms with Crippen LogP contribution in [0.4, 0.5) is 0 Å². The number of hydrogen-bond donors (Lipinski definition) is 1. The number of carboxylic acids is 1. The summed E-state index contributed by atoms with van der Waals surface area (Å²) in [6.07, 6.45) is 0.663. The molecule has 0 atom stereocenters. The monoisotopic (exact) mass is 298 g/mol. The zero-order valence-corrected chi connectivity index (χ0v) is 13.1. The van der Waals surface area contributed by atoms with Gasteiger partial charge < -0.3 is 24.1 Å². The molecule has 0 aliphatic rings. The first-order valence-electron chi connectivity index (χ1n) is 6.52. The Kier molecular flexibility index (Phi) is 5.84. The molecule has 0 aliphatic heterocycles. The Morgan fingerprint density at radius 1 is 1.14 bits per heavy atom. The largest absolute Gasteiger partial charge is 0.493 e. The molecule has 0 spiro atoms. The van der Waals surface area contributed by atoms with E-state index in [1.165, 1.54) is 26.4 Å². The summed E-state index contributed by atoms with van der Waals surface area (Å²) in [5.41, 5.74) is -0.227. The maximum atomic E-state index is 11.1. The third-order valence-corrected chi connectivity index (χ3v) is 3.21. The first-order valence-corrected chi connectivity index (χ1v) is 6.52. The Labute approximate surface area is 124 Å². The number of benzene rings is 1. The number of ether oxygens (including phenoxy) is 4. The molecule has 0 fully saturated rings. The molecule has 1 aromatic carbocycles. The van der Waals surface area contributed by atoms with Gasteiger partial charge in [-0.2, -0.15) is 0 Å². The van der Waals surface area contributed by atoms with E-state index in [1.54, 1.807) is 7.11 Å². The lowest BCUT2D eigenvalue weighted by atomic mass is 10.1. The Morgan fingerprint density at radius 3 is 2.05 bits per heavy atom. The standard InChI is InChI=1S/C15H22O6/c1-15(2,20-5)6-7-21-13-11(18-3)8-10(14(16)17)9-12(13)19-4/h8-9H,6-7H2,1-5H3,(H,16,17). The lowest BCUT2D eigenvalue weighted by molar-refractivity contribution is 0.00503. The zero-order valence-electron chi connectivity index (χ0n) is 13.1. The van der Waals surface area contributed by atoms with Gasteiger partial charge in [-0.15, -0.1) is 0 Å². The van der Waals surface area contributed by atoms with Crippen molar-refractivity contribution in [3.05, 3.63) is 17.7 Å². The van der Waals surface area contributed by atoms with Crippen molar-refractivity contribution in [1.29, 1.82) is 0 Å². The van der Waals surface area contributed by atoms with Crippen molar-refractivity contribution >= 4 is 5.97 Å². The normalized spacial score (nSPS) is 11.1. The van der Waals surface area contributed by atoms with Crippen molar-refractivity contribution in [2.75, 3.05) is 27.9 Å². The van der Waals surface area contributed by atoms with Crippen LogP contribution in [0, 0.1) is 0 Å². The Balaban J connectivity index is 2.97. The third kappa shape index (κ3) is 4.53. The highest BCUT2D eigenvalue weighted by molar-refractivity contribution is 5.89. The van der Waals surface area contributed by atoms with Crippen molar-refractivity contribution < 1.29 is 28.8 Å². The summed E-state index contributed by atoms with van der Waals surface area (Å²) in [4.78, 5) is 11.1. The molecule has 0 radical (unpaired) electrons. The summed E-state index contributed by atoms with van der Waals surface area (Å²) in [5, 5.41) is 9.06. The van der Waals surface area contributed by atoms with Gasteiger partial charge in [0.05, 0.1) is 32.0 Å². The molecule has 0 saturated carbocycles. The highest BCUT2D eigenvalue weighted by atomic mass is 16.5. The van der Waals surface area contributed by atoms with Gasteiger partial charge in [0.15, 0.2) is 11.5 Å². The second-order valence-electron chi connectivity index (χ2n) is 5.08. The van der Waals surface area contributed by atoms with Crippen LogP contribution in [0.2, 0.25) is 0 Å². The molecule has 21 heavy (non-hydrogen) atoms. The van der Waals surface area contributed by atoms with Gasteiger partial charge >= 0.3 is 5.97 Å². The van der Waals surface area contributed by atoms with E-state index in [0.717, 1.165) is 0 Å². The molecule has 0 saturated heterocycles. The van der Waals surface area contributed by atoms with E-state index in [0.29, 0.717) is 30.3 Å². The smallest absolute Gasteiger partial charge is 0.335 e. The van der Waals surface area contributed by atoms with Crippen molar-refractivity contribution in [1.82, 2.24) is 0 Å². The van der Waals surface area contributed by atoms with Gasteiger partial charge in [0, 0.05) is 13.5 Å². The minimum atomic E-state index is -1.06. The molecule has 1 aromatic rings. The van der Waals surface area contributed by atoms with E-state index in [1.807, 2.05) is 13.8 Å². The fourth-order valence-corrected chi connectivity index (χ4v) is 1.65. The molecule has 0 unspecified atom stereocenters. The molecule has 118 valence electrons. The maximum absolute atomic E-state index is 11.1. The average Bonchev–Trinajstić information content (AvgIpc) is 2.46. The number of rotatable bonds is 8. The fourth-order valence-electron chi connectivity index (χ4n) is 1.65. The van der Waals surface area contributed by atoms with Crippen LogP contribution in [0.3, 0.4) is 0 Å². The predicted molar refractivity (Wildman–Crippen MR) is 77.7 cm³/mol. The number of carboxylic acid groups (broad SMARTS) is 1. The number of methoxy groups -OCH3 is 3. The van der Waals surface area contributed by atoms with Gasteiger partial charge in [0.1, 0.15) is 0 Å². The second-order valence-corrected chi connectivity index (χ2v) is 5.08. The van der Waals surface area contributed by atoms with E-state index in [-0.39, 0.29) is 11.2 Å². The van der Waals surface area contributed by atoms with Crippen LogP contribution < -0.4 is 14.2 Å². The van der Waals surface area contributed by atoms with Gasteiger partial charge in [-0.1, -0.05) is 0 Å². The van der Waals surface area contributed by atoms with E-state index in [2.05, 4.69) is 0 Å².